The van der Waals surface area contributed by atoms with Crippen molar-refractivity contribution >= 4 is 33.2 Å². The minimum atomic E-state index is -3.85. The summed E-state index contributed by atoms with van der Waals surface area (Å²) in [6.45, 7) is 5.53. The van der Waals surface area contributed by atoms with Crippen LogP contribution in [0, 0.1) is 18.3 Å². The average molecular weight is 438 g/mol. The van der Waals surface area contributed by atoms with E-state index in [9.17, 15) is 18.5 Å². The molecule has 0 saturated carbocycles. The summed E-state index contributed by atoms with van der Waals surface area (Å²) in [6, 6.07) is 7.58. The molecule has 1 aliphatic rings. The van der Waals surface area contributed by atoms with E-state index >= 15 is 0 Å². The topological polar surface area (TPSA) is 113 Å². The van der Waals surface area contributed by atoms with Gasteiger partial charge in [0.1, 0.15) is 16.7 Å². The van der Waals surface area contributed by atoms with Crippen LogP contribution in [0.15, 0.2) is 33.6 Å². The molecule has 0 aliphatic carbocycles. The number of sulfonamides is 1. The molecular formula is C19H20ClN3O5S. The van der Waals surface area contributed by atoms with E-state index in [0.29, 0.717) is 5.02 Å². The molecule has 10 heteroatoms. The average Bonchev–Trinajstić information content (AvgIpc) is 3.05. The van der Waals surface area contributed by atoms with Gasteiger partial charge in [-0.2, -0.15) is 9.57 Å². The summed E-state index contributed by atoms with van der Waals surface area (Å²) in [7, 11) is -3.85. The van der Waals surface area contributed by atoms with Gasteiger partial charge in [0.2, 0.25) is 10.0 Å². The van der Waals surface area contributed by atoms with Crippen LogP contribution in [-0.2, 0) is 14.8 Å². The summed E-state index contributed by atoms with van der Waals surface area (Å²) in [4.78, 5) is 12.5. The molecule has 154 valence electrons. The Bertz CT molecular complexity index is 1080. The smallest absolute Gasteiger partial charge is 0.291 e. The Balaban J connectivity index is 1.86. The van der Waals surface area contributed by atoms with E-state index in [2.05, 4.69) is 5.32 Å². The van der Waals surface area contributed by atoms with Gasteiger partial charge in [0.05, 0.1) is 23.5 Å². The van der Waals surface area contributed by atoms with Gasteiger partial charge in [0.25, 0.3) is 5.91 Å². The van der Waals surface area contributed by atoms with Gasteiger partial charge in [-0.15, -0.1) is 0 Å². The largest absolute Gasteiger partial charge is 0.455 e. The van der Waals surface area contributed by atoms with Crippen molar-refractivity contribution < 1.29 is 22.4 Å². The first-order valence-electron chi connectivity index (χ1n) is 8.89. The number of benzene rings is 1. The molecule has 0 unspecified atom stereocenters. The van der Waals surface area contributed by atoms with E-state index in [-0.39, 0.29) is 53.0 Å². The van der Waals surface area contributed by atoms with Crippen molar-refractivity contribution in [2.75, 3.05) is 18.4 Å². The Morgan fingerprint density at radius 1 is 1.28 bits per heavy atom. The SMILES string of the molecule is Cc1oc(C(=O)Nc2ccc(Cl)cc2C#N)cc1S(=O)(=O)N1C[C@H](C)O[C@@H](C)C1. The van der Waals surface area contributed by atoms with Gasteiger partial charge in [0.15, 0.2) is 5.76 Å². The molecule has 2 heterocycles. The molecule has 0 spiro atoms. The second-order valence-electron chi connectivity index (χ2n) is 6.87. The number of furan rings is 1. The molecule has 2 aromatic rings. The van der Waals surface area contributed by atoms with Crippen molar-refractivity contribution in [3.8, 4) is 6.07 Å². The maximum Gasteiger partial charge on any atom is 0.291 e. The van der Waals surface area contributed by atoms with Crippen LogP contribution in [0.2, 0.25) is 5.02 Å². The predicted molar refractivity (Wildman–Crippen MR) is 106 cm³/mol. The highest BCUT2D eigenvalue weighted by atomic mass is 35.5. The van der Waals surface area contributed by atoms with Gasteiger partial charge in [-0.1, -0.05) is 11.6 Å². The number of amides is 1. The minimum absolute atomic E-state index is 0.0689. The van der Waals surface area contributed by atoms with Crippen LogP contribution in [-0.4, -0.2) is 43.9 Å². The highest BCUT2D eigenvalue weighted by Crippen LogP contribution is 2.27. The number of aryl methyl sites for hydroxylation is 1. The lowest BCUT2D eigenvalue weighted by Crippen LogP contribution is -2.48. The monoisotopic (exact) mass is 437 g/mol. The third kappa shape index (κ3) is 4.46. The van der Waals surface area contributed by atoms with Gasteiger partial charge in [-0.25, -0.2) is 8.42 Å². The van der Waals surface area contributed by atoms with Crippen molar-refractivity contribution in [3.05, 3.63) is 46.4 Å². The van der Waals surface area contributed by atoms with Crippen LogP contribution in [0.1, 0.15) is 35.7 Å². The molecule has 0 radical (unpaired) electrons. The maximum absolute atomic E-state index is 13.1. The second-order valence-corrected chi connectivity index (χ2v) is 9.21. The number of halogens is 1. The molecule has 1 saturated heterocycles. The van der Waals surface area contributed by atoms with Crippen LogP contribution in [0.25, 0.3) is 0 Å². The number of morpholine rings is 1. The number of carbonyl (C=O) groups is 1. The molecule has 1 aromatic carbocycles. The van der Waals surface area contributed by atoms with E-state index in [1.807, 2.05) is 6.07 Å². The maximum atomic E-state index is 13.1. The van der Waals surface area contributed by atoms with E-state index in [0.717, 1.165) is 0 Å². The van der Waals surface area contributed by atoms with E-state index in [1.165, 1.54) is 35.5 Å². The normalized spacial score (nSPS) is 20.2. The Labute approximate surface area is 174 Å². The van der Waals surface area contributed by atoms with Crippen LogP contribution in [0.4, 0.5) is 5.69 Å². The molecule has 0 bridgehead atoms. The van der Waals surface area contributed by atoms with Gasteiger partial charge in [0, 0.05) is 24.2 Å². The molecule has 1 aromatic heterocycles. The first kappa shape index (κ1) is 21.3. The fraction of sp³-hybridized carbons (Fsp3) is 0.368. The zero-order chi connectivity index (χ0) is 21.3. The molecule has 1 aliphatic heterocycles. The molecule has 8 nitrogen and oxygen atoms in total. The minimum Gasteiger partial charge on any atom is -0.455 e. The summed E-state index contributed by atoms with van der Waals surface area (Å²) in [6.07, 6.45) is -0.476. The molecule has 1 N–H and O–H groups in total. The number of nitriles is 1. The lowest BCUT2D eigenvalue weighted by Gasteiger charge is -2.34. The molecule has 29 heavy (non-hydrogen) atoms. The zero-order valence-electron chi connectivity index (χ0n) is 16.1. The standard InChI is InChI=1S/C19H20ClN3O5S/c1-11-9-23(10-12(2)27-11)29(25,26)18-7-17(28-13(18)3)19(24)22-16-5-4-15(20)6-14(16)8-21/h4-7,11-12H,9-10H2,1-3H3,(H,22,24)/t11-,12-/m0/s1. The lowest BCUT2D eigenvalue weighted by molar-refractivity contribution is -0.0441. The van der Waals surface area contributed by atoms with Gasteiger partial charge >= 0.3 is 0 Å². The quantitative estimate of drug-likeness (QED) is 0.786. The van der Waals surface area contributed by atoms with Crippen molar-refractivity contribution in [2.24, 2.45) is 0 Å². The molecule has 1 amide bonds. The van der Waals surface area contributed by atoms with Gasteiger partial charge in [-0.05, 0) is 39.0 Å². The number of anilines is 1. The van der Waals surface area contributed by atoms with Crippen molar-refractivity contribution in [1.82, 2.24) is 4.31 Å². The summed E-state index contributed by atoms with van der Waals surface area (Å²) in [5, 5.41) is 12.1. The highest BCUT2D eigenvalue weighted by molar-refractivity contribution is 7.89. The Morgan fingerprint density at radius 3 is 2.55 bits per heavy atom. The van der Waals surface area contributed by atoms with Crippen LogP contribution < -0.4 is 5.32 Å². The lowest BCUT2D eigenvalue weighted by atomic mass is 10.2. The number of carbonyl (C=O) groups excluding carboxylic acids is 1. The zero-order valence-corrected chi connectivity index (χ0v) is 17.7. The fourth-order valence-electron chi connectivity index (χ4n) is 3.20. The first-order valence-corrected chi connectivity index (χ1v) is 10.7. The summed E-state index contributed by atoms with van der Waals surface area (Å²) in [5.41, 5.74) is 0.425. The van der Waals surface area contributed by atoms with Gasteiger partial charge < -0.3 is 14.5 Å². The number of nitrogens with zero attached hydrogens (tertiary/aromatic N) is 2. The summed E-state index contributed by atoms with van der Waals surface area (Å²) < 4.78 is 38.4. The van der Waals surface area contributed by atoms with E-state index in [4.69, 9.17) is 20.8 Å². The third-order valence-electron chi connectivity index (χ3n) is 4.45. The highest BCUT2D eigenvalue weighted by Gasteiger charge is 2.35. The molecule has 2 atom stereocenters. The molecule has 1 fully saturated rings. The van der Waals surface area contributed by atoms with Crippen LogP contribution in [0.5, 0.6) is 0 Å². The Morgan fingerprint density at radius 2 is 1.93 bits per heavy atom. The number of ether oxygens (including phenoxy) is 1. The number of hydrogen-bond acceptors (Lipinski definition) is 6. The third-order valence-corrected chi connectivity index (χ3v) is 6.62. The van der Waals surface area contributed by atoms with Crippen LogP contribution in [0.3, 0.4) is 0 Å². The van der Waals surface area contributed by atoms with E-state index < -0.39 is 15.9 Å². The van der Waals surface area contributed by atoms with Gasteiger partial charge in [-0.3, -0.25) is 4.79 Å². The van der Waals surface area contributed by atoms with E-state index in [1.54, 1.807) is 13.8 Å². The number of nitrogens with one attached hydrogen (secondary N) is 1. The summed E-state index contributed by atoms with van der Waals surface area (Å²) in [5.74, 6) is -0.732. The van der Waals surface area contributed by atoms with Crippen molar-refractivity contribution in [3.63, 3.8) is 0 Å². The number of rotatable bonds is 4. The Hall–Kier alpha value is -2.38. The predicted octanol–water partition coefficient (Wildman–Crippen LogP) is 3.16. The fourth-order valence-corrected chi connectivity index (χ4v) is 5.12. The van der Waals surface area contributed by atoms with Crippen LogP contribution >= 0.6 is 11.6 Å². The summed E-state index contributed by atoms with van der Waals surface area (Å²) >= 11 is 5.86. The number of hydrogen-bond donors (Lipinski definition) is 1. The first-order chi connectivity index (χ1) is 13.6. The van der Waals surface area contributed by atoms with Crippen molar-refractivity contribution in [1.29, 1.82) is 5.26 Å². The second kappa shape index (κ2) is 8.16. The Kier molecular flexibility index (Phi) is 6.00. The molecule has 3 rings (SSSR count). The molecular weight excluding hydrogens is 418 g/mol. The van der Waals surface area contributed by atoms with Crippen molar-refractivity contribution in [2.45, 2.75) is 37.9 Å².